The van der Waals surface area contributed by atoms with Gasteiger partial charge >= 0.3 is 0 Å². The van der Waals surface area contributed by atoms with E-state index in [-0.39, 0.29) is 17.5 Å². The van der Waals surface area contributed by atoms with Gasteiger partial charge in [-0.15, -0.1) is 0 Å². The molecule has 1 aliphatic heterocycles. The molecule has 1 aromatic rings. The first-order valence-corrected chi connectivity index (χ1v) is 6.74. The molecule has 1 atom stereocenters. The van der Waals surface area contributed by atoms with Crippen LogP contribution in [0.25, 0.3) is 0 Å². The summed E-state index contributed by atoms with van der Waals surface area (Å²) in [7, 11) is 1.97. The van der Waals surface area contributed by atoms with Crippen molar-refractivity contribution in [2.45, 2.75) is 25.4 Å². The Morgan fingerprint density at radius 1 is 1.47 bits per heavy atom. The highest BCUT2D eigenvalue weighted by molar-refractivity contribution is 5.96. The highest BCUT2D eigenvalue weighted by Gasteiger charge is 2.18. The molecule has 2 rings (SSSR count). The molecule has 1 aromatic carbocycles. The molecule has 19 heavy (non-hydrogen) atoms. The third-order valence-electron chi connectivity index (χ3n) is 3.43. The van der Waals surface area contributed by atoms with Gasteiger partial charge in [0.25, 0.3) is 0 Å². The number of carbonyl (C=O) groups is 1. The molecule has 0 N–H and O–H groups in total. The van der Waals surface area contributed by atoms with E-state index in [1.54, 1.807) is 12.1 Å². The summed E-state index contributed by atoms with van der Waals surface area (Å²) in [6.07, 6.45) is 2.83. The van der Waals surface area contributed by atoms with Crippen LogP contribution >= 0.6 is 0 Å². The average molecular weight is 265 g/mol. The summed E-state index contributed by atoms with van der Waals surface area (Å²) < 4.78 is 19.0. The van der Waals surface area contributed by atoms with Gasteiger partial charge in [0.05, 0.1) is 11.7 Å². The van der Waals surface area contributed by atoms with Crippen LogP contribution in [0.3, 0.4) is 0 Å². The van der Waals surface area contributed by atoms with Gasteiger partial charge in [-0.05, 0) is 32.0 Å². The van der Waals surface area contributed by atoms with Crippen molar-refractivity contribution in [3.05, 3.63) is 35.6 Å². The lowest BCUT2D eigenvalue weighted by molar-refractivity contribution is 0.0777. The number of Topliss-reactive ketones (excluding diaryl/α,β-unsaturated/α-hetero) is 1. The normalized spacial score (nSPS) is 19.0. The number of ether oxygens (including phenoxy) is 1. The molecule has 0 aliphatic carbocycles. The van der Waals surface area contributed by atoms with Crippen molar-refractivity contribution in [3.8, 4) is 0 Å². The Labute approximate surface area is 113 Å². The third-order valence-corrected chi connectivity index (χ3v) is 3.43. The van der Waals surface area contributed by atoms with Gasteiger partial charge in [0, 0.05) is 26.1 Å². The SMILES string of the molecule is CN(CCC(=O)c1ccccc1F)CC1CCCO1. The lowest BCUT2D eigenvalue weighted by atomic mass is 10.1. The van der Waals surface area contributed by atoms with Crippen LogP contribution < -0.4 is 0 Å². The zero-order valence-corrected chi connectivity index (χ0v) is 11.3. The number of nitrogens with zero attached hydrogens (tertiary/aromatic N) is 1. The van der Waals surface area contributed by atoms with Crippen molar-refractivity contribution >= 4 is 5.78 Å². The summed E-state index contributed by atoms with van der Waals surface area (Å²) in [5.74, 6) is -0.577. The van der Waals surface area contributed by atoms with Crippen molar-refractivity contribution in [2.75, 3.05) is 26.7 Å². The molecule has 1 unspecified atom stereocenters. The summed E-state index contributed by atoms with van der Waals surface area (Å²) in [5, 5.41) is 0. The minimum atomic E-state index is -0.436. The van der Waals surface area contributed by atoms with Crippen LogP contribution in [0.4, 0.5) is 4.39 Å². The van der Waals surface area contributed by atoms with Gasteiger partial charge in [-0.3, -0.25) is 4.79 Å². The van der Waals surface area contributed by atoms with Crippen LogP contribution in [0.5, 0.6) is 0 Å². The Morgan fingerprint density at radius 3 is 2.95 bits per heavy atom. The molecule has 1 saturated heterocycles. The molecule has 0 saturated carbocycles. The van der Waals surface area contributed by atoms with Crippen molar-refractivity contribution in [3.63, 3.8) is 0 Å². The lowest BCUT2D eigenvalue weighted by Crippen LogP contribution is -2.30. The van der Waals surface area contributed by atoms with E-state index in [1.807, 2.05) is 7.05 Å². The summed E-state index contributed by atoms with van der Waals surface area (Å²) in [6, 6.07) is 6.14. The second-order valence-corrected chi connectivity index (χ2v) is 5.05. The molecule has 1 aliphatic rings. The second kappa shape index (κ2) is 6.78. The summed E-state index contributed by atoms with van der Waals surface area (Å²) in [4.78, 5) is 14.0. The van der Waals surface area contributed by atoms with Gasteiger partial charge in [0.15, 0.2) is 5.78 Å². The Hall–Kier alpha value is -1.26. The van der Waals surface area contributed by atoms with E-state index in [2.05, 4.69) is 4.90 Å². The molecule has 1 heterocycles. The Bertz CT molecular complexity index is 430. The first kappa shape index (κ1) is 14.2. The number of likely N-dealkylation sites (N-methyl/N-ethyl adjacent to an activating group) is 1. The number of hydrogen-bond acceptors (Lipinski definition) is 3. The molecule has 0 radical (unpaired) electrons. The zero-order chi connectivity index (χ0) is 13.7. The van der Waals surface area contributed by atoms with Crippen molar-refractivity contribution in [1.82, 2.24) is 4.90 Å². The molecule has 0 spiro atoms. The van der Waals surface area contributed by atoms with Crippen molar-refractivity contribution in [1.29, 1.82) is 0 Å². The predicted octanol–water partition coefficient (Wildman–Crippen LogP) is 2.51. The fraction of sp³-hybridized carbons (Fsp3) is 0.533. The molecule has 0 aromatic heterocycles. The highest BCUT2D eigenvalue weighted by Crippen LogP contribution is 2.13. The molecule has 104 valence electrons. The minimum Gasteiger partial charge on any atom is -0.377 e. The highest BCUT2D eigenvalue weighted by atomic mass is 19.1. The van der Waals surface area contributed by atoms with Crippen LogP contribution in [0.15, 0.2) is 24.3 Å². The Kier molecular flexibility index (Phi) is 5.05. The van der Waals surface area contributed by atoms with Gasteiger partial charge in [-0.2, -0.15) is 0 Å². The number of hydrogen-bond donors (Lipinski definition) is 0. The Morgan fingerprint density at radius 2 is 2.26 bits per heavy atom. The van der Waals surface area contributed by atoms with Crippen molar-refractivity contribution < 1.29 is 13.9 Å². The molecule has 0 amide bonds. The maximum atomic E-state index is 13.4. The van der Waals surface area contributed by atoms with Crippen LogP contribution in [0.1, 0.15) is 29.6 Å². The Balaban J connectivity index is 1.78. The smallest absolute Gasteiger partial charge is 0.167 e. The maximum absolute atomic E-state index is 13.4. The van der Waals surface area contributed by atoms with E-state index in [4.69, 9.17) is 4.74 Å². The standard InChI is InChI=1S/C15H20FNO2/c1-17(11-12-5-4-10-19-12)9-8-15(18)13-6-2-3-7-14(13)16/h2-3,6-7,12H,4-5,8-11H2,1H3. The first-order valence-electron chi connectivity index (χ1n) is 6.74. The van der Waals surface area contributed by atoms with Gasteiger partial charge in [-0.25, -0.2) is 4.39 Å². The monoisotopic (exact) mass is 265 g/mol. The second-order valence-electron chi connectivity index (χ2n) is 5.05. The predicted molar refractivity (Wildman–Crippen MR) is 71.8 cm³/mol. The lowest BCUT2D eigenvalue weighted by Gasteiger charge is -2.20. The van der Waals surface area contributed by atoms with Crippen LogP contribution in [0, 0.1) is 5.82 Å². The summed E-state index contributed by atoms with van der Waals surface area (Å²) in [5.41, 5.74) is 0.188. The van der Waals surface area contributed by atoms with E-state index in [1.165, 1.54) is 12.1 Å². The number of ketones is 1. The number of rotatable bonds is 6. The van der Waals surface area contributed by atoms with Crippen LogP contribution in [0.2, 0.25) is 0 Å². The van der Waals surface area contributed by atoms with E-state index < -0.39 is 5.82 Å². The van der Waals surface area contributed by atoms with Gasteiger partial charge in [0.2, 0.25) is 0 Å². The largest absolute Gasteiger partial charge is 0.377 e. The molecule has 0 bridgehead atoms. The zero-order valence-electron chi connectivity index (χ0n) is 11.3. The van der Waals surface area contributed by atoms with Crippen molar-refractivity contribution in [2.24, 2.45) is 0 Å². The van der Waals surface area contributed by atoms with Crippen LogP contribution in [-0.4, -0.2) is 43.5 Å². The van der Waals surface area contributed by atoms with Gasteiger partial charge in [-0.1, -0.05) is 12.1 Å². The summed E-state index contributed by atoms with van der Waals surface area (Å²) in [6.45, 7) is 2.31. The maximum Gasteiger partial charge on any atom is 0.167 e. The fourth-order valence-electron chi connectivity index (χ4n) is 2.34. The molecule has 3 nitrogen and oxygen atoms in total. The molecule has 1 fully saturated rings. The van der Waals surface area contributed by atoms with Crippen LogP contribution in [-0.2, 0) is 4.74 Å². The van der Waals surface area contributed by atoms with Gasteiger partial charge in [0.1, 0.15) is 5.82 Å². The minimum absolute atomic E-state index is 0.141. The molecular weight excluding hydrogens is 245 g/mol. The number of benzene rings is 1. The topological polar surface area (TPSA) is 29.5 Å². The quantitative estimate of drug-likeness (QED) is 0.740. The first-order chi connectivity index (χ1) is 9.16. The van der Waals surface area contributed by atoms with E-state index >= 15 is 0 Å². The summed E-state index contributed by atoms with van der Waals surface area (Å²) >= 11 is 0. The average Bonchev–Trinajstić information content (AvgIpc) is 2.89. The third kappa shape index (κ3) is 4.11. The number of carbonyl (C=O) groups excluding carboxylic acids is 1. The molecule has 4 heteroatoms. The van der Waals surface area contributed by atoms with Gasteiger partial charge < -0.3 is 9.64 Å². The van der Waals surface area contributed by atoms with E-state index in [0.717, 1.165) is 26.0 Å². The molecular formula is C15H20FNO2. The van der Waals surface area contributed by atoms with E-state index in [0.29, 0.717) is 13.0 Å². The van der Waals surface area contributed by atoms with E-state index in [9.17, 15) is 9.18 Å². The number of halogens is 1. The fourth-order valence-corrected chi connectivity index (χ4v) is 2.34.